The fourth-order valence-electron chi connectivity index (χ4n) is 2.61. The maximum Gasteiger partial charge on any atom is 0.106 e. The minimum absolute atomic E-state index is 0.310. The highest BCUT2D eigenvalue weighted by Crippen LogP contribution is 2.17. The Hall–Kier alpha value is -0.590. The van der Waals surface area contributed by atoms with Crippen LogP contribution < -0.4 is 5.32 Å². The third kappa shape index (κ3) is 7.87. The zero-order valence-electron chi connectivity index (χ0n) is 14.2. The zero-order chi connectivity index (χ0) is 15.3. The van der Waals surface area contributed by atoms with E-state index in [1.165, 1.54) is 38.8 Å². The van der Waals surface area contributed by atoms with Crippen molar-refractivity contribution in [2.45, 2.75) is 78.2 Å². The molecule has 0 spiro atoms. The Morgan fingerprint density at radius 2 is 1.50 bits per heavy atom. The van der Waals surface area contributed by atoms with Crippen LogP contribution in [0, 0.1) is 11.3 Å². The van der Waals surface area contributed by atoms with Gasteiger partial charge in [0.1, 0.15) is 5.54 Å². The lowest BCUT2D eigenvalue weighted by atomic mass is 9.92. The molecule has 0 aromatic heterocycles. The van der Waals surface area contributed by atoms with Crippen LogP contribution in [0.3, 0.4) is 0 Å². The van der Waals surface area contributed by atoms with Crippen LogP contribution in [0.2, 0.25) is 0 Å². The number of hydrogen-bond acceptors (Lipinski definition) is 3. The number of unbranched alkanes of at least 4 members (excludes halogenated alkanes) is 2. The van der Waals surface area contributed by atoms with Gasteiger partial charge in [-0.2, -0.15) is 5.26 Å². The molecule has 1 N–H and O–H groups in total. The predicted octanol–water partition coefficient (Wildman–Crippen LogP) is 3.95. The van der Waals surface area contributed by atoms with E-state index in [-0.39, 0.29) is 5.54 Å². The summed E-state index contributed by atoms with van der Waals surface area (Å²) >= 11 is 0. The molecule has 3 heteroatoms. The third-order valence-corrected chi connectivity index (χ3v) is 4.07. The molecule has 0 heterocycles. The van der Waals surface area contributed by atoms with Gasteiger partial charge >= 0.3 is 0 Å². The summed E-state index contributed by atoms with van der Waals surface area (Å²) in [6.07, 6.45) is 8.06. The molecule has 0 aromatic rings. The van der Waals surface area contributed by atoms with E-state index in [1.807, 2.05) is 0 Å². The summed E-state index contributed by atoms with van der Waals surface area (Å²) < 4.78 is 0. The summed E-state index contributed by atoms with van der Waals surface area (Å²) in [7, 11) is 0. The van der Waals surface area contributed by atoms with Crippen molar-refractivity contribution in [1.29, 1.82) is 5.26 Å². The van der Waals surface area contributed by atoms with Gasteiger partial charge in [0.2, 0.25) is 0 Å². The van der Waals surface area contributed by atoms with Crippen molar-refractivity contribution in [2.24, 2.45) is 0 Å². The Balaban J connectivity index is 4.20. The van der Waals surface area contributed by atoms with Crippen molar-refractivity contribution in [3.63, 3.8) is 0 Å². The zero-order valence-corrected chi connectivity index (χ0v) is 14.2. The van der Waals surface area contributed by atoms with Crippen molar-refractivity contribution in [3.05, 3.63) is 0 Å². The van der Waals surface area contributed by atoms with Crippen molar-refractivity contribution >= 4 is 0 Å². The van der Waals surface area contributed by atoms with E-state index in [0.29, 0.717) is 0 Å². The fourth-order valence-corrected chi connectivity index (χ4v) is 2.61. The summed E-state index contributed by atoms with van der Waals surface area (Å²) in [5, 5.41) is 12.8. The molecule has 0 saturated carbocycles. The molecular weight excluding hydrogens is 246 g/mol. The lowest BCUT2D eigenvalue weighted by Gasteiger charge is -2.28. The van der Waals surface area contributed by atoms with Gasteiger partial charge in [-0.05, 0) is 58.3 Å². The number of hydrogen-bond donors (Lipinski definition) is 1. The Kier molecular flexibility index (Phi) is 11.8. The highest BCUT2D eigenvalue weighted by Gasteiger charge is 2.26. The quantitative estimate of drug-likeness (QED) is 0.555. The third-order valence-electron chi connectivity index (χ3n) is 4.07. The van der Waals surface area contributed by atoms with Gasteiger partial charge in [-0.25, -0.2) is 0 Å². The van der Waals surface area contributed by atoms with Gasteiger partial charge in [-0.15, -0.1) is 0 Å². The molecular formula is C17H35N3. The summed E-state index contributed by atoms with van der Waals surface area (Å²) in [6.45, 7) is 13.1. The first-order valence-corrected chi connectivity index (χ1v) is 8.56. The van der Waals surface area contributed by atoms with Gasteiger partial charge in [-0.1, -0.05) is 40.5 Å². The number of nitriles is 1. The van der Waals surface area contributed by atoms with E-state index in [0.717, 1.165) is 32.4 Å². The Labute approximate surface area is 126 Å². The normalized spacial score (nSPS) is 14.2. The highest BCUT2D eigenvalue weighted by molar-refractivity contribution is 5.05. The lowest BCUT2D eigenvalue weighted by molar-refractivity contribution is 0.246. The summed E-state index contributed by atoms with van der Waals surface area (Å²) in [5.41, 5.74) is -0.310. The van der Waals surface area contributed by atoms with E-state index >= 15 is 0 Å². The molecule has 118 valence electrons. The number of nitrogens with one attached hydrogen (secondary N) is 1. The van der Waals surface area contributed by atoms with E-state index in [9.17, 15) is 5.26 Å². The smallest absolute Gasteiger partial charge is 0.106 e. The van der Waals surface area contributed by atoms with Crippen LogP contribution in [0.1, 0.15) is 72.6 Å². The van der Waals surface area contributed by atoms with E-state index in [1.54, 1.807) is 0 Å². The minimum Gasteiger partial charge on any atom is -0.303 e. The van der Waals surface area contributed by atoms with Gasteiger partial charge < -0.3 is 4.90 Å². The Morgan fingerprint density at radius 3 is 1.90 bits per heavy atom. The van der Waals surface area contributed by atoms with Gasteiger partial charge in [-0.3, -0.25) is 5.32 Å². The van der Waals surface area contributed by atoms with E-state index in [2.05, 4.69) is 44.0 Å². The van der Waals surface area contributed by atoms with Crippen molar-refractivity contribution in [3.8, 4) is 6.07 Å². The fraction of sp³-hybridized carbons (Fsp3) is 0.941. The first kappa shape index (κ1) is 19.4. The van der Waals surface area contributed by atoms with Crippen LogP contribution in [0.15, 0.2) is 0 Å². The van der Waals surface area contributed by atoms with Crippen LogP contribution in [0.4, 0.5) is 0 Å². The molecule has 0 aliphatic heterocycles. The van der Waals surface area contributed by atoms with Crippen molar-refractivity contribution < 1.29 is 0 Å². The molecule has 0 amide bonds. The minimum atomic E-state index is -0.310. The maximum absolute atomic E-state index is 9.43. The average Bonchev–Trinajstić information content (AvgIpc) is 2.48. The van der Waals surface area contributed by atoms with Crippen molar-refractivity contribution in [2.75, 3.05) is 26.2 Å². The molecule has 0 bridgehead atoms. The Bertz CT molecular complexity index is 251. The molecule has 20 heavy (non-hydrogen) atoms. The highest BCUT2D eigenvalue weighted by atomic mass is 15.1. The standard InChI is InChI=1S/C17H35N3/c1-5-9-13-20(14-10-6-2)15-11-12-17(7-3,16-18)19-8-4/h19H,5-15H2,1-4H3. The number of nitrogens with zero attached hydrogens (tertiary/aromatic N) is 2. The topological polar surface area (TPSA) is 39.1 Å². The second-order valence-corrected chi connectivity index (χ2v) is 5.73. The van der Waals surface area contributed by atoms with Gasteiger partial charge in [0.05, 0.1) is 6.07 Å². The molecule has 0 aromatic carbocycles. The Morgan fingerprint density at radius 1 is 0.950 bits per heavy atom. The van der Waals surface area contributed by atoms with Gasteiger partial charge in [0, 0.05) is 0 Å². The summed E-state index contributed by atoms with van der Waals surface area (Å²) in [4.78, 5) is 2.58. The average molecular weight is 281 g/mol. The van der Waals surface area contributed by atoms with Crippen LogP contribution in [0.25, 0.3) is 0 Å². The molecule has 0 fully saturated rings. The first-order valence-electron chi connectivity index (χ1n) is 8.56. The molecule has 1 atom stereocenters. The second-order valence-electron chi connectivity index (χ2n) is 5.73. The maximum atomic E-state index is 9.43. The molecule has 0 aliphatic rings. The largest absolute Gasteiger partial charge is 0.303 e. The van der Waals surface area contributed by atoms with Gasteiger partial charge in [0.15, 0.2) is 0 Å². The SMILES string of the molecule is CCCCN(CCCC)CCCC(C#N)(CC)NCC. The molecule has 0 rings (SSSR count). The second kappa shape index (κ2) is 12.2. The lowest BCUT2D eigenvalue weighted by Crippen LogP contribution is -2.44. The molecule has 0 saturated heterocycles. The van der Waals surface area contributed by atoms with E-state index in [4.69, 9.17) is 0 Å². The molecule has 1 unspecified atom stereocenters. The summed E-state index contributed by atoms with van der Waals surface area (Å²) in [5.74, 6) is 0. The number of rotatable bonds is 13. The van der Waals surface area contributed by atoms with Crippen LogP contribution in [-0.4, -0.2) is 36.6 Å². The molecule has 0 aliphatic carbocycles. The summed E-state index contributed by atoms with van der Waals surface area (Å²) in [6, 6.07) is 2.50. The predicted molar refractivity (Wildman–Crippen MR) is 87.8 cm³/mol. The first-order chi connectivity index (χ1) is 9.67. The van der Waals surface area contributed by atoms with Crippen LogP contribution >= 0.6 is 0 Å². The van der Waals surface area contributed by atoms with Gasteiger partial charge in [0.25, 0.3) is 0 Å². The van der Waals surface area contributed by atoms with Crippen LogP contribution in [0.5, 0.6) is 0 Å². The molecule has 0 radical (unpaired) electrons. The van der Waals surface area contributed by atoms with E-state index < -0.39 is 0 Å². The van der Waals surface area contributed by atoms with Crippen LogP contribution in [-0.2, 0) is 0 Å². The monoisotopic (exact) mass is 281 g/mol. The van der Waals surface area contributed by atoms with Crippen molar-refractivity contribution in [1.82, 2.24) is 10.2 Å². The molecule has 3 nitrogen and oxygen atoms in total.